The lowest BCUT2D eigenvalue weighted by atomic mass is 10.1. The number of ether oxygens (including phenoxy) is 1. The molecule has 0 aromatic rings. The quantitative estimate of drug-likeness (QED) is 0.661. The number of urea groups is 1. The topological polar surface area (TPSA) is 70.7 Å². The van der Waals surface area contributed by atoms with Crippen LogP contribution in [0.3, 0.4) is 0 Å². The zero-order chi connectivity index (χ0) is 12.1. The van der Waals surface area contributed by atoms with Crippen LogP contribution < -0.4 is 10.6 Å². The molecule has 0 radical (unpaired) electrons. The van der Waals surface area contributed by atoms with E-state index >= 15 is 0 Å². The second-order valence-corrected chi connectivity index (χ2v) is 4.41. The molecule has 1 atom stereocenters. The van der Waals surface area contributed by atoms with Gasteiger partial charge in [-0.25, -0.2) is 4.79 Å². The fraction of sp³-hybridized carbons (Fsp3) is 0.818. The maximum absolute atomic E-state index is 11.8. The number of nitrogens with one attached hydrogen (secondary N) is 2. The third kappa shape index (κ3) is 3.41. The lowest BCUT2D eigenvalue weighted by molar-refractivity contribution is -0.133. The minimum Gasteiger partial charge on any atom is -0.366 e. The lowest BCUT2D eigenvalue weighted by Crippen LogP contribution is -2.52. The van der Waals surface area contributed by atoms with Crippen molar-refractivity contribution in [2.24, 2.45) is 0 Å². The van der Waals surface area contributed by atoms with Crippen molar-refractivity contribution in [2.75, 3.05) is 32.8 Å². The number of rotatable bonds is 1. The maximum Gasteiger partial charge on any atom is 0.324 e. The van der Waals surface area contributed by atoms with Gasteiger partial charge in [0.1, 0.15) is 6.10 Å². The molecule has 0 saturated carbocycles. The Labute approximate surface area is 101 Å². The standard InChI is InChI=1S/C11H19N3O3/c15-10(9-8-12-4-7-17-9)13-11(16)14-5-2-1-3-6-14/h9,12H,1-8H2,(H,13,15,16). The summed E-state index contributed by atoms with van der Waals surface area (Å²) in [5.74, 6) is -0.340. The number of imide groups is 1. The van der Waals surface area contributed by atoms with Crippen LogP contribution >= 0.6 is 0 Å². The van der Waals surface area contributed by atoms with Gasteiger partial charge in [-0.05, 0) is 19.3 Å². The number of hydrogen-bond acceptors (Lipinski definition) is 4. The van der Waals surface area contributed by atoms with Gasteiger partial charge >= 0.3 is 6.03 Å². The average molecular weight is 241 g/mol. The van der Waals surface area contributed by atoms with E-state index in [0.717, 1.165) is 38.9 Å². The number of amides is 3. The molecule has 2 fully saturated rings. The zero-order valence-electron chi connectivity index (χ0n) is 9.91. The molecule has 2 aliphatic heterocycles. The molecule has 0 bridgehead atoms. The molecule has 0 aliphatic carbocycles. The minimum atomic E-state index is -0.544. The second-order valence-electron chi connectivity index (χ2n) is 4.41. The molecule has 6 nitrogen and oxygen atoms in total. The summed E-state index contributed by atoms with van der Waals surface area (Å²) < 4.78 is 5.28. The Bertz CT molecular complexity index is 256. The number of morpholine rings is 1. The molecule has 96 valence electrons. The predicted octanol–water partition coefficient (Wildman–Crippen LogP) is -0.303. The maximum atomic E-state index is 11.8. The van der Waals surface area contributed by atoms with Crippen LogP contribution in [0.15, 0.2) is 0 Å². The molecular formula is C11H19N3O3. The van der Waals surface area contributed by atoms with E-state index in [1.54, 1.807) is 4.90 Å². The second kappa shape index (κ2) is 5.97. The highest BCUT2D eigenvalue weighted by molar-refractivity contribution is 5.96. The molecule has 17 heavy (non-hydrogen) atoms. The van der Waals surface area contributed by atoms with E-state index in [9.17, 15) is 9.59 Å². The monoisotopic (exact) mass is 241 g/mol. The van der Waals surface area contributed by atoms with Crippen LogP contribution in [0.4, 0.5) is 4.79 Å². The van der Waals surface area contributed by atoms with Crippen LogP contribution in [-0.2, 0) is 9.53 Å². The number of hydrogen-bond donors (Lipinski definition) is 2. The van der Waals surface area contributed by atoms with Gasteiger partial charge in [-0.15, -0.1) is 0 Å². The summed E-state index contributed by atoms with van der Waals surface area (Å²) in [7, 11) is 0. The summed E-state index contributed by atoms with van der Waals surface area (Å²) in [6, 6.07) is -0.288. The molecule has 2 heterocycles. The van der Waals surface area contributed by atoms with Gasteiger partial charge in [-0.2, -0.15) is 0 Å². The fourth-order valence-corrected chi connectivity index (χ4v) is 2.10. The van der Waals surface area contributed by atoms with Crippen molar-refractivity contribution in [2.45, 2.75) is 25.4 Å². The highest BCUT2D eigenvalue weighted by atomic mass is 16.5. The molecule has 6 heteroatoms. The molecule has 1 unspecified atom stereocenters. The Balaban J connectivity index is 1.78. The third-order valence-electron chi connectivity index (χ3n) is 3.09. The molecule has 0 spiro atoms. The average Bonchev–Trinajstić information content (AvgIpc) is 2.40. The van der Waals surface area contributed by atoms with Crippen molar-refractivity contribution in [3.8, 4) is 0 Å². The van der Waals surface area contributed by atoms with Gasteiger partial charge in [0.05, 0.1) is 6.61 Å². The summed E-state index contributed by atoms with van der Waals surface area (Å²) in [5, 5.41) is 5.46. The van der Waals surface area contributed by atoms with Crippen molar-refractivity contribution >= 4 is 11.9 Å². The summed E-state index contributed by atoms with van der Waals surface area (Å²) in [6.07, 6.45) is 2.65. The van der Waals surface area contributed by atoms with Gasteiger partial charge in [-0.3, -0.25) is 10.1 Å². The number of piperidine rings is 1. The first kappa shape index (κ1) is 12.3. The van der Waals surface area contributed by atoms with Gasteiger partial charge in [0.25, 0.3) is 5.91 Å². The smallest absolute Gasteiger partial charge is 0.324 e. The summed E-state index contributed by atoms with van der Waals surface area (Å²) in [4.78, 5) is 25.2. The third-order valence-corrected chi connectivity index (χ3v) is 3.09. The number of carbonyl (C=O) groups is 2. The predicted molar refractivity (Wildman–Crippen MR) is 61.6 cm³/mol. The van der Waals surface area contributed by atoms with E-state index in [4.69, 9.17) is 4.74 Å². The molecule has 2 rings (SSSR count). The molecule has 2 N–H and O–H groups in total. The summed E-state index contributed by atoms with van der Waals surface area (Å²) >= 11 is 0. The molecule has 2 aliphatic rings. The Morgan fingerprint density at radius 3 is 2.65 bits per heavy atom. The fourth-order valence-electron chi connectivity index (χ4n) is 2.10. The number of nitrogens with zero attached hydrogens (tertiary/aromatic N) is 1. The van der Waals surface area contributed by atoms with Crippen molar-refractivity contribution in [1.29, 1.82) is 0 Å². The van der Waals surface area contributed by atoms with Crippen molar-refractivity contribution in [3.05, 3.63) is 0 Å². The van der Waals surface area contributed by atoms with E-state index in [-0.39, 0.29) is 11.9 Å². The van der Waals surface area contributed by atoms with Crippen molar-refractivity contribution in [1.82, 2.24) is 15.5 Å². The minimum absolute atomic E-state index is 0.288. The van der Waals surface area contributed by atoms with E-state index in [2.05, 4.69) is 10.6 Å². The molecular weight excluding hydrogens is 222 g/mol. The first-order valence-corrected chi connectivity index (χ1v) is 6.19. The zero-order valence-corrected chi connectivity index (χ0v) is 9.91. The first-order chi connectivity index (χ1) is 8.27. The van der Waals surface area contributed by atoms with Gasteiger partial charge in [0, 0.05) is 26.2 Å². The Kier molecular flexibility index (Phi) is 4.33. The SMILES string of the molecule is O=C(NC(=O)N1CCCCC1)C1CNCCO1. The molecule has 0 aromatic carbocycles. The molecule has 0 aromatic heterocycles. The summed E-state index contributed by atoms with van der Waals surface area (Å²) in [6.45, 7) is 3.21. The van der Waals surface area contributed by atoms with E-state index in [0.29, 0.717) is 13.2 Å². The van der Waals surface area contributed by atoms with E-state index in [1.807, 2.05) is 0 Å². The highest BCUT2D eigenvalue weighted by Gasteiger charge is 2.25. The molecule has 3 amide bonds. The largest absolute Gasteiger partial charge is 0.366 e. The van der Waals surface area contributed by atoms with Crippen LogP contribution in [0.25, 0.3) is 0 Å². The van der Waals surface area contributed by atoms with E-state index in [1.165, 1.54) is 0 Å². The lowest BCUT2D eigenvalue weighted by Gasteiger charge is -2.28. The van der Waals surface area contributed by atoms with Crippen LogP contribution in [0, 0.1) is 0 Å². The van der Waals surface area contributed by atoms with Gasteiger partial charge < -0.3 is 15.0 Å². The van der Waals surface area contributed by atoms with Crippen molar-refractivity contribution < 1.29 is 14.3 Å². The van der Waals surface area contributed by atoms with Crippen LogP contribution in [0.2, 0.25) is 0 Å². The Morgan fingerprint density at radius 1 is 1.24 bits per heavy atom. The van der Waals surface area contributed by atoms with Crippen LogP contribution in [-0.4, -0.2) is 55.7 Å². The first-order valence-electron chi connectivity index (χ1n) is 6.19. The van der Waals surface area contributed by atoms with Gasteiger partial charge in [0.15, 0.2) is 0 Å². The van der Waals surface area contributed by atoms with Gasteiger partial charge in [-0.1, -0.05) is 0 Å². The van der Waals surface area contributed by atoms with Crippen molar-refractivity contribution in [3.63, 3.8) is 0 Å². The molecule has 2 saturated heterocycles. The summed E-state index contributed by atoms with van der Waals surface area (Å²) in [5.41, 5.74) is 0. The number of carbonyl (C=O) groups excluding carboxylic acids is 2. The Morgan fingerprint density at radius 2 is 2.00 bits per heavy atom. The number of likely N-dealkylation sites (tertiary alicyclic amines) is 1. The van der Waals surface area contributed by atoms with Gasteiger partial charge in [0.2, 0.25) is 0 Å². The van der Waals surface area contributed by atoms with Crippen LogP contribution in [0.5, 0.6) is 0 Å². The van der Waals surface area contributed by atoms with E-state index < -0.39 is 6.10 Å². The Hall–Kier alpha value is -1.14. The van der Waals surface area contributed by atoms with Crippen LogP contribution in [0.1, 0.15) is 19.3 Å². The normalized spacial score (nSPS) is 25.4. The highest BCUT2D eigenvalue weighted by Crippen LogP contribution is 2.08.